The van der Waals surface area contributed by atoms with Crippen LogP contribution in [0.4, 0.5) is 0 Å². The van der Waals surface area contributed by atoms with E-state index < -0.39 is 12.0 Å². The molecule has 0 fully saturated rings. The van der Waals surface area contributed by atoms with E-state index in [-0.39, 0.29) is 11.5 Å². The normalized spacial score (nSPS) is 13.1. The highest BCUT2D eigenvalue weighted by Gasteiger charge is 2.25. The van der Waals surface area contributed by atoms with Crippen LogP contribution < -0.4 is 5.56 Å². The molecule has 5 nitrogen and oxygen atoms in total. The van der Waals surface area contributed by atoms with Crippen molar-refractivity contribution in [2.75, 3.05) is 0 Å². The lowest BCUT2D eigenvalue weighted by Gasteiger charge is -2.18. The van der Waals surface area contributed by atoms with Gasteiger partial charge in [-0.2, -0.15) is 0 Å². The van der Waals surface area contributed by atoms with Crippen molar-refractivity contribution in [2.24, 2.45) is 5.92 Å². The molecule has 0 aliphatic heterocycles. The number of hydrogen-bond donors (Lipinski definition) is 1. The number of carbonyl (C=O) groups is 1. The van der Waals surface area contributed by atoms with E-state index in [1.54, 1.807) is 25.3 Å². The second-order valence-corrected chi connectivity index (χ2v) is 5.02. The van der Waals surface area contributed by atoms with Gasteiger partial charge in [-0.05, 0) is 17.4 Å². The van der Waals surface area contributed by atoms with Gasteiger partial charge in [0, 0.05) is 0 Å². The first-order valence-electron chi connectivity index (χ1n) is 5.19. The maximum Gasteiger partial charge on any atom is 0.327 e. The Kier molecular flexibility index (Phi) is 2.97. The molecule has 0 radical (unpaired) electrons. The van der Waals surface area contributed by atoms with Crippen LogP contribution in [-0.2, 0) is 4.79 Å². The van der Waals surface area contributed by atoms with Crippen LogP contribution in [0.1, 0.15) is 19.9 Å². The molecular weight excluding hydrogens is 240 g/mol. The molecule has 1 unspecified atom stereocenters. The molecule has 0 saturated carbocycles. The summed E-state index contributed by atoms with van der Waals surface area (Å²) >= 11 is 1.37. The molecule has 90 valence electrons. The van der Waals surface area contributed by atoms with Crippen molar-refractivity contribution in [3.63, 3.8) is 0 Å². The minimum atomic E-state index is -1.02. The Hall–Kier alpha value is -1.69. The molecule has 0 amide bonds. The first-order valence-corrected chi connectivity index (χ1v) is 6.07. The number of aliphatic carboxylic acids is 1. The standard InChI is InChI=1S/C11H12N2O3S/c1-6(2)8(11(15)16)13-5-12-9-7(10(13)14)3-4-17-9/h3-6,8H,1-2H3,(H,15,16). The predicted octanol–water partition coefficient (Wildman–Crippen LogP) is 1.74. The van der Waals surface area contributed by atoms with Gasteiger partial charge in [0.25, 0.3) is 5.56 Å². The molecule has 2 aromatic rings. The Morgan fingerprint density at radius 1 is 1.53 bits per heavy atom. The van der Waals surface area contributed by atoms with E-state index in [2.05, 4.69) is 4.98 Å². The molecule has 0 bridgehead atoms. The summed E-state index contributed by atoms with van der Waals surface area (Å²) in [5.74, 6) is -1.19. The van der Waals surface area contributed by atoms with Gasteiger partial charge in [0.05, 0.1) is 11.7 Å². The van der Waals surface area contributed by atoms with Gasteiger partial charge in [-0.15, -0.1) is 11.3 Å². The van der Waals surface area contributed by atoms with Crippen molar-refractivity contribution in [3.05, 3.63) is 28.1 Å². The topological polar surface area (TPSA) is 72.2 Å². The molecular formula is C11H12N2O3S. The van der Waals surface area contributed by atoms with Crippen LogP contribution in [0.25, 0.3) is 10.2 Å². The van der Waals surface area contributed by atoms with Crippen molar-refractivity contribution in [2.45, 2.75) is 19.9 Å². The maximum atomic E-state index is 12.1. The molecule has 0 aliphatic carbocycles. The van der Waals surface area contributed by atoms with E-state index in [9.17, 15) is 9.59 Å². The lowest BCUT2D eigenvalue weighted by molar-refractivity contribution is -0.142. The zero-order chi connectivity index (χ0) is 12.6. The lowest BCUT2D eigenvalue weighted by Crippen LogP contribution is -2.33. The average molecular weight is 252 g/mol. The first kappa shape index (κ1) is 11.8. The summed E-state index contributed by atoms with van der Waals surface area (Å²) in [5, 5.41) is 11.4. The Bertz CT molecular complexity index is 614. The van der Waals surface area contributed by atoms with E-state index in [1.807, 2.05) is 0 Å². The zero-order valence-corrected chi connectivity index (χ0v) is 10.3. The van der Waals surface area contributed by atoms with E-state index in [1.165, 1.54) is 22.2 Å². The minimum Gasteiger partial charge on any atom is -0.480 e. The highest BCUT2D eigenvalue weighted by Crippen LogP contribution is 2.19. The van der Waals surface area contributed by atoms with E-state index >= 15 is 0 Å². The van der Waals surface area contributed by atoms with Crippen molar-refractivity contribution in [3.8, 4) is 0 Å². The third kappa shape index (κ3) is 1.95. The molecule has 2 rings (SSSR count). The van der Waals surface area contributed by atoms with E-state index in [0.29, 0.717) is 10.2 Å². The number of rotatable bonds is 3. The number of hydrogen-bond acceptors (Lipinski definition) is 4. The molecule has 1 N–H and O–H groups in total. The van der Waals surface area contributed by atoms with E-state index in [0.717, 1.165) is 0 Å². The quantitative estimate of drug-likeness (QED) is 0.903. The third-order valence-corrected chi connectivity index (χ3v) is 3.41. The summed E-state index contributed by atoms with van der Waals surface area (Å²) in [5.41, 5.74) is -0.294. The highest BCUT2D eigenvalue weighted by atomic mass is 32.1. The monoisotopic (exact) mass is 252 g/mol. The molecule has 6 heteroatoms. The van der Waals surface area contributed by atoms with Crippen LogP contribution >= 0.6 is 11.3 Å². The number of thiophene rings is 1. The number of aromatic nitrogens is 2. The molecule has 2 heterocycles. The number of fused-ring (bicyclic) bond motifs is 1. The molecule has 1 atom stereocenters. The molecule has 0 aromatic carbocycles. The lowest BCUT2D eigenvalue weighted by atomic mass is 10.0. The van der Waals surface area contributed by atoms with Gasteiger partial charge in [-0.3, -0.25) is 9.36 Å². The van der Waals surface area contributed by atoms with Gasteiger partial charge in [0.2, 0.25) is 0 Å². The van der Waals surface area contributed by atoms with Gasteiger partial charge < -0.3 is 5.11 Å². The highest BCUT2D eigenvalue weighted by molar-refractivity contribution is 7.16. The van der Waals surface area contributed by atoms with E-state index in [4.69, 9.17) is 5.11 Å². The Morgan fingerprint density at radius 2 is 2.24 bits per heavy atom. The smallest absolute Gasteiger partial charge is 0.327 e. The van der Waals surface area contributed by atoms with Crippen LogP contribution in [0.2, 0.25) is 0 Å². The summed E-state index contributed by atoms with van der Waals surface area (Å²) in [6.45, 7) is 3.53. The van der Waals surface area contributed by atoms with Gasteiger partial charge in [-0.1, -0.05) is 13.8 Å². The SMILES string of the molecule is CC(C)C(C(=O)O)n1cnc2sccc2c1=O. The summed E-state index contributed by atoms with van der Waals surface area (Å²) < 4.78 is 1.20. The maximum absolute atomic E-state index is 12.1. The van der Waals surface area contributed by atoms with Gasteiger partial charge >= 0.3 is 5.97 Å². The molecule has 0 spiro atoms. The molecule has 2 aromatic heterocycles. The zero-order valence-electron chi connectivity index (χ0n) is 9.45. The Labute approximate surface area is 101 Å². The first-order chi connectivity index (χ1) is 8.02. The summed E-state index contributed by atoms with van der Waals surface area (Å²) in [6.07, 6.45) is 1.32. The van der Waals surface area contributed by atoms with Gasteiger partial charge in [0.15, 0.2) is 0 Å². The second kappa shape index (κ2) is 4.29. The third-order valence-electron chi connectivity index (χ3n) is 2.59. The fraction of sp³-hybridized carbons (Fsp3) is 0.364. The predicted molar refractivity (Wildman–Crippen MR) is 65.4 cm³/mol. The van der Waals surface area contributed by atoms with Crippen molar-refractivity contribution in [1.82, 2.24) is 9.55 Å². The Morgan fingerprint density at radius 3 is 2.82 bits per heavy atom. The van der Waals surface area contributed by atoms with Crippen LogP contribution in [0.5, 0.6) is 0 Å². The number of carboxylic acid groups (broad SMARTS) is 1. The minimum absolute atomic E-state index is 0.178. The van der Waals surface area contributed by atoms with Gasteiger partial charge in [-0.25, -0.2) is 9.78 Å². The average Bonchev–Trinajstić information content (AvgIpc) is 2.69. The Balaban J connectivity index is 2.65. The molecule has 0 saturated heterocycles. The second-order valence-electron chi connectivity index (χ2n) is 4.12. The van der Waals surface area contributed by atoms with Crippen molar-refractivity contribution >= 4 is 27.5 Å². The number of carboxylic acids is 1. The van der Waals surface area contributed by atoms with Crippen LogP contribution in [0.15, 0.2) is 22.6 Å². The molecule has 0 aliphatic rings. The van der Waals surface area contributed by atoms with Crippen LogP contribution in [0.3, 0.4) is 0 Å². The van der Waals surface area contributed by atoms with Crippen molar-refractivity contribution in [1.29, 1.82) is 0 Å². The van der Waals surface area contributed by atoms with Crippen LogP contribution in [-0.4, -0.2) is 20.6 Å². The van der Waals surface area contributed by atoms with Crippen LogP contribution in [0, 0.1) is 5.92 Å². The summed E-state index contributed by atoms with van der Waals surface area (Å²) in [7, 11) is 0. The number of nitrogens with zero attached hydrogens (tertiary/aromatic N) is 2. The fourth-order valence-electron chi connectivity index (χ4n) is 1.79. The van der Waals surface area contributed by atoms with Gasteiger partial charge in [0.1, 0.15) is 10.9 Å². The largest absolute Gasteiger partial charge is 0.480 e. The fourth-order valence-corrected chi connectivity index (χ4v) is 2.52. The molecule has 17 heavy (non-hydrogen) atoms. The summed E-state index contributed by atoms with van der Waals surface area (Å²) in [4.78, 5) is 28.0. The summed E-state index contributed by atoms with van der Waals surface area (Å²) in [6, 6.07) is 0.796. The van der Waals surface area contributed by atoms with Crippen molar-refractivity contribution < 1.29 is 9.90 Å².